The molecule has 0 bridgehead atoms. The summed E-state index contributed by atoms with van der Waals surface area (Å²) < 4.78 is 30.6. The van der Waals surface area contributed by atoms with Crippen molar-refractivity contribution in [1.29, 1.82) is 0 Å². The topological polar surface area (TPSA) is 49.4 Å². The number of thiophene rings is 1. The number of hydrogen-bond acceptors (Lipinski definition) is 4. The van der Waals surface area contributed by atoms with Gasteiger partial charge < -0.3 is 0 Å². The summed E-state index contributed by atoms with van der Waals surface area (Å²) in [6, 6.07) is 24.4. The summed E-state index contributed by atoms with van der Waals surface area (Å²) in [5.74, 6) is 0. The lowest BCUT2D eigenvalue weighted by molar-refractivity contribution is 0.324. The van der Waals surface area contributed by atoms with Gasteiger partial charge in [0.05, 0.1) is 0 Å². The molecule has 5 rings (SSSR count). The molecule has 0 unspecified atom stereocenters. The number of fused-ring (bicyclic) bond motifs is 1. The van der Waals surface area contributed by atoms with E-state index in [-0.39, 0.29) is 6.04 Å². The highest BCUT2D eigenvalue weighted by atomic mass is 35.5. The van der Waals surface area contributed by atoms with E-state index in [2.05, 4.69) is 46.0 Å². The number of likely N-dealkylation sites (tertiary alicyclic amines) is 1. The van der Waals surface area contributed by atoms with Crippen LogP contribution in [0, 0.1) is 6.92 Å². The van der Waals surface area contributed by atoms with Crippen molar-refractivity contribution >= 4 is 43.0 Å². The van der Waals surface area contributed by atoms with Crippen LogP contribution in [0.5, 0.6) is 0 Å². The van der Waals surface area contributed by atoms with Crippen LogP contribution in [-0.2, 0) is 16.6 Å². The summed E-state index contributed by atoms with van der Waals surface area (Å²) in [4.78, 5) is 2.31. The highest BCUT2D eigenvalue weighted by Crippen LogP contribution is 2.35. The van der Waals surface area contributed by atoms with Gasteiger partial charge in [-0.3, -0.25) is 4.90 Å². The predicted molar refractivity (Wildman–Crippen MR) is 137 cm³/mol. The summed E-state index contributed by atoms with van der Waals surface area (Å²) in [6.07, 6.45) is 0.803. The van der Waals surface area contributed by atoms with Crippen LogP contribution in [-0.4, -0.2) is 32.4 Å². The molecule has 0 amide bonds. The van der Waals surface area contributed by atoms with Gasteiger partial charge in [0, 0.05) is 35.4 Å². The fourth-order valence-electron chi connectivity index (χ4n) is 4.46. The molecule has 0 radical (unpaired) electrons. The average molecular weight is 497 g/mol. The van der Waals surface area contributed by atoms with E-state index >= 15 is 0 Å². The number of benzene rings is 3. The highest BCUT2D eigenvalue weighted by Gasteiger charge is 2.29. The van der Waals surface area contributed by atoms with E-state index in [1.54, 1.807) is 6.07 Å². The zero-order valence-electron chi connectivity index (χ0n) is 18.3. The Morgan fingerprint density at radius 2 is 1.76 bits per heavy atom. The third kappa shape index (κ3) is 4.86. The minimum Gasteiger partial charge on any atom is -0.297 e. The minimum absolute atomic E-state index is 0.0909. The Morgan fingerprint density at radius 1 is 1.03 bits per heavy atom. The van der Waals surface area contributed by atoms with Crippen LogP contribution in [0.4, 0.5) is 0 Å². The average Bonchev–Trinajstić information content (AvgIpc) is 3.38. The Morgan fingerprint density at radius 3 is 2.52 bits per heavy atom. The third-order valence-electron chi connectivity index (χ3n) is 6.16. The van der Waals surface area contributed by atoms with Crippen LogP contribution in [0.3, 0.4) is 0 Å². The van der Waals surface area contributed by atoms with Gasteiger partial charge in [-0.15, -0.1) is 11.3 Å². The number of sulfonamides is 1. The fourth-order valence-corrected chi connectivity index (χ4v) is 7.66. The first-order valence-corrected chi connectivity index (χ1v) is 13.6. The number of aryl methyl sites for hydroxylation is 1. The summed E-state index contributed by atoms with van der Waals surface area (Å²) in [7, 11) is -3.58. The van der Waals surface area contributed by atoms with Gasteiger partial charge >= 0.3 is 0 Å². The van der Waals surface area contributed by atoms with E-state index in [4.69, 9.17) is 11.6 Å². The Labute approximate surface area is 203 Å². The third-order valence-corrected chi connectivity index (χ3v) is 9.81. The van der Waals surface area contributed by atoms with E-state index in [0.717, 1.165) is 35.2 Å². The molecule has 170 valence electrons. The molecule has 3 aromatic carbocycles. The Kier molecular flexibility index (Phi) is 6.29. The van der Waals surface area contributed by atoms with Gasteiger partial charge in [0.2, 0.25) is 0 Å². The van der Waals surface area contributed by atoms with Gasteiger partial charge in [-0.2, -0.15) is 0 Å². The van der Waals surface area contributed by atoms with Crippen molar-refractivity contribution in [2.75, 3.05) is 13.1 Å². The normalized spacial score (nSPS) is 17.1. The Balaban J connectivity index is 1.24. The SMILES string of the molecule is Cc1c(S(=O)(=O)N[C@@H]2CCN(Cc3ccc(-c4ccccc4)cc3)C2)sc2ccc(Cl)cc12. The molecular weight excluding hydrogens is 472 g/mol. The first-order chi connectivity index (χ1) is 15.9. The maximum atomic E-state index is 13.1. The number of halogens is 1. The lowest BCUT2D eigenvalue weighted by Gasteiger charge is -2.17. The largest absolute Gasteiger partial charge is 0.297 e. The standard InChI is InChI=1S/C26H25ClN2O2S2/c1-18-24-15-22(27)11-12-25(24)32-26(18)33(30,31)28-23-13-14-29(17-23)16-19-7-9-21(10-8-19)20-5-3-2-4-6-20/h2-12,15,23,28H,13-14,16-17H2,1H3/t23-/m1/s1. The van der Waals surface area contributed by atoms with Crippen LogP contribution in [0.1, 0.15) is 17.5 Å². The zero-order valence-corrected chi connectivity index (χ0v) is 20.7. The first kappa shape index (κ1) is 22.6. The molecule has 1 fully saturated rings. The number of nitrogens with one attached hydrogen (secondary N) is 1. The summed E-state index contributed by atoms with van der Waals surface area (Å²) in [5, 5.41) is 1.52. The smallest absolute Gasteiger partial charge is 0.250 e. The second-order valence-electron chi connectivity index (χ2n) is 8.56. The number of rotatable bonds is 6. The van der Waals surface area contributed by atoms with Crippen LogP contribution in [0.25, 0.3) is 21.2 Å². The minimum atomic E-state index is -3.58. The van der Waals surface area contributed by atoms with Gasteiger partial charge in [0.25, 0.3) is 10.0 Å². The van der Waals surface area contributed by atoms with Crippen molar-refractivity contribution < 1.29 is 8.42 Å². The van der Waals surface area contributed by atoms with E-state index in [0.29, 0.717) is 15.8 Å². The quantitative estimate of drug-likeness (QED) is 0.351. The number of hydrogen-bond donors (Lipinski definition) is 1. The van der Waals surface area contributed by atoms with E-state index in [1.165, 1.54) is 28.0 Å². The van der Waals surface area contributed by atoms with Gasteiger partial charge in [0.1, 0.15) is 4.21 Å². The second-order valence-corrected chi connectivity index (χ2v) is 12.0. The van der Waals surface area contributed by atoms with Crippen molar-refractivity contribution in [3.05, 3.63) is 88.9 Å². The van der Waals surface area contributed by atoms with E-state index in [9.17, 15) is 8.42 Å². The summed E-state index contributed by atoms with van der Waals surface area (Å²) in [6.45, 7) is 4.24. The van der Waals surface area contributed by atoms with Gasteiger partial charge in [-0.05, 0) is 59.2 Å². The molecule has 1 aromatic heterocycles. The van der Waals surface area contributed by atoms with Crippen molar-refractivity contribution in [3.63, 3.8) is 0 Å². The molecule has 1 N–H and O–H groups in total. The van der Waals surface area contributed by atoms with Crippen LogP contribution in [0.15, 0.2) is 77.0 Å². The molecule has 4 nitrogen and oxygen atoms in total. The molecule has 0 aliphatic carbocycles. The molecule has 1 aliphatic heterocycles. The Hall–Kier alpha value is -2.22. The molecule has 1 aliphatic rings. The molecule has 4 aromatic rings. The predicted octanol–water partition coefficient (Wildman–Crippen LogP) is 6.08. The summed E-state index contributed by atoms with van der Waals surface area (Å²) in [5.41, 5.74) is 4.40. The monoisotopic (exact) mass is 496 g/mol. The molecule has 7 heteroatoms. The molecule has 33 heavy (non-hydrogen) atoms. The van der Waals surface area contributed by atoms with Crippen LogP contribution in [0.2, 0.25) is 5.02 Å². The number of nitrogens with zero attached hydrogens (tertiary/aromatic N) is 1. The lowest BCUT2D eigenvalue weighted by atomic mass is 10.0. The highest BCUT2D eigenvalue weighted by molar-refractivity contribution is 7.91. The molecule has 1 atom stereocenters. The molecule has 2 heterocycles. The fraction of sp³-hybridized carbons (Fsp3) is 0.231. The molecular formula is C26H25ClN2O2S2. The maximum absolute atomic E-state index is 13.1. The second kappa shape index (κ2) is 9.20. The zero-order chi connectivity index (χ0) is 23.0. The van der Waals surface area contributed by atoms with Crippen molar-refractivity contribution in [1.82, 2.24) is 9.62 Å². The molecule has 0 saturated carbocycles. The van der Waals surface area contributed by atoms with Gasteiger partial charge in [-0.25, -0.2) is 13.1 Å². The van der Waals surface area contributed by atoms with Gasteiger partial charge in [-0.1, -0.05) is 66.2 Å². The van der Waals surface area contributed by atoms with E-state index in [1.807, 2.05) is 37.3 Å². The van der Waals surface area contributed by atoms with Crippen LogP contribution >= 0.6 is 22.9 Å². The maximum Gasteiger partial charge on any atom is 0.250 e. The van der Waals surface area contributed by atoms with E-state index < -0.39 is 10.0 Å². The van der Waals surface area contributed by atoms with Crippen LogP contribution < -0.4 is 4.72 Å². The molecule has 1 saturated heterocycles. The van der Waals surface area contributed by atoms with Crippen molar-refractivity contribution in [2.24, 2.45) is 0 Å². The van der Waals surface area contributed by atoms with Crippen molar-refractivity contribution in [3.8, 4) is 11.1 Å². The Bertz CT molecular complexity index is 1380. The lowest BCUT2D eigenvalue weighted by Crippen LogP contribution is -2.36. The molecule has 0 spiro atoms. The summed E-state index contributed by atoms with van der Waals surface area (Å²) >= 11 is 7.41. The first-order valence-electron chi connectivity index (χ1n) is 11.0. The van der Waals surface area contributed by atoms with Gasteiger partial charge in [0.15, 0.2) is 0 Å². The van der Waals surface area contributed by atoms with Crippen molar-refractivity contribution in [2.45, 2.75) is 30.1 Å².